The minimum absolute atomic E-state index is 0.0144. The van der Waals surface area contributed by atoms with Crippen molar-refractivity contribution in [3.05, 3.63) is 30.1 Å². The molecule has 0 heterocycles. The Balaban J connectivity index is 2.32. The molecule has 0 saturated carbocycles. The summed E-state index contributed by atoms with van der Waals surface area (Å²) >= 11 is 0. The number of amides is 2. The number of carbonyl (C=O) groups excluding carboxylic acids is 1. The molecule has 0 aliphatic carbocycles. The van der Waals surface area contributed by atoms with Crippen LogP contribution in [0.5, 0.6) is 5.75 Å². The van der Waals surface area contributed by atoms with Crippen molar-refractivity contribution < 1.29 is 19.0 Å². The highest BCUT2D eigenvalue weighted by Crippen LogP contribution is 2.13. The lowest BCUT2D eigenvalue weighted by Gasteiger charge is -2.21. The van der Waals surface area contributed by atoms with Crippen molar-refractivity contribution in [1.82, 2.24) is 10.6 Å². The first-order valence-corrected chi connectivity index (χ1v) is 6.99. The van der Waals surface area contributed by atoms with Gasteiger partial charge in [-0.3, -0.25) is 0 Å². The first-order valence-electron chi connectivity index (χ1n) is 6.99. The van der Waals surface area contributed by atoms with E-state index in [1.54, 1.807) is 19.1 Å². The molecule has 1 aromatic carbocycles. The van der Waals surface area contributed by atoms with Gasteiger partial charge in [0.15, 0.2) is 0 Å². The third kappa shape index (κ3) is 6.44. The van der Waals surface area contributed by atoms with E-state index in [4.69, 9.17) is 9.84 Å². The van der Waals surface area contributed by atoms with Gasteiger partial charge >= 0.3 is 6.03 Å². The molecule has 0 aliphatic rings. The fourth-order valence-corrected chi connectivity index (χ4v) is 1.61. The van der Waals surface area contributed by atoms with E-state index in [0.29, 0.717) is 12.3 Å². The number of hydrogen-bond acceptors (Lipinski definition) is 3. The first-order chi connectivity index (χ1) is 9.92. The first kappa shape index (κ1) is 17.2. The quantitative estimate of drug-likeness (QED) is 0.720. The number of hydrogen-bond donors (Lipinski definition) is 3. The van der Waals surface area contributed by atoms with Gasteiger partial charge in [0, 0.05) is 18.7 Å². The van der Waals surface area contributed by atoms with Crippen molar-refractivity contribution in [2.24, 2.45) is 5.92 Å². The Bertz CT molecular complexity index is 456. The molecule has 0 spiro atoms. The number of nitrogens with one attached hydrogen (secondary N) is 2. The Morgan fingerprint density at radius 2 is 2.10 bits per heavy atom. The number of urea groups is 1. The molecular formula is C15H23FN2O3. The van der Waals surface area contributed by atoms with Crippen molar-refractivity contribution in [3.63, 3.8) is 0 Å². The van der Waals surface area contributed by atoms with Crippen molar-refractivity contribution in [3.8, 4) is 5.75 Å². The molecular weight excluding hydrogens is 275 g/mol. The van der Waals surface area contributed by atoms with Crippen LogP contribution in [-0.2, 0) is 0 Å². The molecule has 1 rings (SSSR count). The lowest BCUT2D eigenvalue weighted by atomic mass is 10.1. The number of aliphatic hydroxyl groups excluding tert-OH is 1. The zero-order chi connectivity index (χ0) is 15.8. The van der Waals surface area contributed by atoms with Gasteiger partial charge in [0.05, 0.1) is 6.54 Å². The summed E-state index contributed by atoms with van der Waals surface area (Å²) in [5.41, 5.74) is 0. The molecule has 2 amide bonds. The number of rotatable bonds is 7. The van der Waals surface area contributed by atoms with Gasteiger partial charge in [-0.2, -0.15) is 0 Å². The molecule has 3 N–H and O–H groups in total. The highest BCUT2D eigenvalue weighted by molar-refractivity contribution is 5.74. The Morgan fingerprint density at radius 1 is 1.38 bits per heavy atom. The van der Waals surface area contributed by atoms with Gasteiger partial charge < -0.3 is 20.5 Å². The standard InChI is InChI=1S/C15H23FN2O3/c1-10(9-19)12(3)18-15(20)17-8-11(2)21-14-6-4-5-13(16)7-14/h4-7,10-12,19H,8-9H2,1-3H3,(H2,17,18,20). The van der Waals surface area contributed by atoms with Gasteiger partial charge in [0.1, 0.15) is 17.7 Å². The minimum Gasteiger partial charge on any atom is -0.489 e. The molecule has 0 fully saturated rings. The van der Waals surface area contributed by atoms with Crippen molar-refractivity contribution in [2.75, 3.05) is 13.2 Å². The van der Waals surface area contributed by atoms with Gasteiger partial charge in [-0.1, -0.05) is 13.0 Å². The molecule has 0 aromatic heterocycles. The molecule has 118 valence electrons. The summed E-state index contributed by atoms with van der Waals surface area (Å²) in [5.74, 6) is 0.0425. The lowest BCUT2D eigenvalue weighted by Crippen LogP contribution is -2.46. The van der Waals surface area contributed by atoms with Gasteiger partial charge in [-0.15, -0.1) is 0 Å². The van der Waals surface area contributed by atoms with Crippen LogP contribution in [0.25, 0.3) is 0 Å². The second kappa shape index (κ2) is 8.46. The van der Waals surface area contributed by atoms with Gasteiger partial charge in [-0.05, 0) is 31.9 Å². The molecule has 0 bridgehead atoms. The third-order valence-corrected chi connectivity index (χ3v) is 3.18. The van der Waals surface area contributed by atoms with Crippen molar-refractivity contribution >= 4 is 6.03 Å². The smallest absolute Gasteiger partial charge is 0.315 e. The summed E-state index contributed by atoms with van der Waals surface area (Å²) in [6, 6.07) is 5.40. The lowest BCUT2D eigenvalue weighted by molar-refractivity contribution is 0.192. The number of halogens is 1. The average Bonchev–Trinajstić information content (AvgIpc) is 2.44. The van der Waals surface area contributed by atoms with E-state index in [9.17, 15) is 9.18 Å². The fraction of sp³-hybridized carbons (Fsp3) is 0.533. The van der Waals surface area contributed by atoms with Gasteiger partial charge in [0.25, 0.3) is 0 Å². The molecule has 3 unspecified atom stereocenters. The summed E-state index contributed by atoms with van der Waals surface area (Å²) < 4.78 is 18.5. The number of benzene rings is 1. The highest BCUT2D eigenvalue weighted by Gasteiger charge is 2.14. The van der Waals surface area contributed by atoms with Crippen LogP contribution in [0.15, 0.2) is 24.3 Å². The van der Waals surface area contributed by atoms with Crippen LogP contribution in [0.3, 0.4) is 0 Å². The maximum Gasteiger partial charge on any atom is 0.315 e. The molecule has 6 heteroatoms. The Morgan fingerprint density at radius 3 is 2.71 bits per heavy atom. The Hall–Kier alpha value is -1.82. The van der Waals surface area contributed by atoms with Gasteiger partial charge in [-0.25, -0.2) is 9.18 Å². The predicted molar refractivity (Wildman–Crippen MR) is 78.7 cm³/mol. The minimum atomic E-state index is -0.364. The van der Waals surface area contributed by atoms with Crippen LogP contribution < -0.4 is 15.4 Å². The van der Waals surface area contributed by atoms with E-state index in [1.165, 1.54) is 12.1 Å². The van der Waals surface area contributed by atoms with E-state index < -0.39 is 0 Å². The largest absolute Gasteiger partial charge is 0.489 e. The summed E-state index contributed by atoms with van der Waals surface area (Å²) in [6.45, 7) is 5.77. The van der Waals surface area contributed by atoms with Crippen molar-refractivity contribution in [1.29, 1.82) is 0 Å². The fourth-order valence-electron chi connectivity index (χ4n) is 1.61. The monoisotopic (exact) mass is 298 g/mol. The van der Waals surface area contributed by atoms with E-state index in [1.807, 2.05) is 13.8 Å². The molecule has 0 radical (unpaired) electrons. The second-order valence-electron chi connectivity index (χ2n) is 5.19. The zero-order valence-electron chi connectivity index (χ0n) is 12.6. The number of aliphatic hydroxyl groups is 1. The van der Waals surface area contributed by atoms with E-state index in [2.05, 4.69) is 10.6 Å². The van der Waals surface area contributed by atoms with Crippen LogP contribution in [0, 0.1) is 11.7 Å². The van der Waals surface area contributed by atoms with Crippen LogP contribution in [-0.4, -0.2) is 36.4 Å². The highest BCUT2D eigenvalue weighted by atomic mass is 19.1. The predicted octanol–water partition coefficient (Wildman–Crippen LogP) is 1.91. The number of ether oxygens (including phenoxy) is 1. The molecule has 3 atom stereocenters. The Kier molecular flexibility index (Phi) is 6.94. The average molecular weight is 298 g/mol. The maximum atomic E-state index is 13.0. The normalized spacial score (nSPS) is 14.9. The van der Waals surface area contributed by atoms with E-state index in [0.717, 1.165) is 0 Å². The molecule has 0 aliphatic heterocycles. The summed E-state index contributed by atoms with van der Waals surface area (Å²) in [5, 5.41) is 14.4. The molecule has 1 aromatic rings. The maximum absolute atomic E-state index is 13.0. The number of carbonyl (C=O) groups is 1. The zero-order valence-corrected chi connectivity index (χ0v) is 12.6. The SMILES string of the molecule is CC(CNC(=O)NC(C)C(C)CO)Oc1cccc(F)c1. The van der Waals surface area contributed by atoms with Crippen LogP contribution >= 0.6 is 0 Å². The van der Waals surface area contributed by atoms with E-state index >= 15 is 0 Å². The summed E-state index contributed by atoms with van der Waals surface area (Å²) in [7, 11) is 0. The topological polar surface area (TPSA) is 70.6 Å². The third-order valence-electron chi connectivity index (χ3n) is 3.18. The molecule has 21 heavy (non-hydrogen) atoms. The van der Waals surface area contributed by atoms with Crippen LogP contribution in [0.1, 0.15) is 20.8 Å². The summed E-state index contributed by atoms with van der Waals surface area (Å²) in [6.07, 6.45) is -0.289. The molecule has 0 saturated heterocycles. The van der Waals surface area contributed by atoms with Crippen LogP contribution in [0.2, 0.25) is 0 Å². The van der Waals surface area contributed by atoms with Gasteiger partial charge in [0.2, 0.25) is 0 Å². The van der Waals surface area contributed by atoms with Crippen LogP contribution in [0.4, 0.5) is 9.18 Å². The summed E-state index contributed by atoms with van der Waals surface area (Å²) in [4.78, 5) is 11.7. The Labute approximate surface area is 124 Å². The van der Waals surface area contributed by atoms with E-state index in [-0.39, 0.29) is 36.5 Å². The molecule has 5 nitrogen and oxygen atoms in total. The van der Waals surface area contributed by atoms with Crippen molar-refractivity contribution in [2.45, 2.75) is 32.9 Å². The second-order valence-corrected chi connectivity index (χ2v) is 5.19.